The smallest absolute Gasteiger partial charge is 0.134 e. The number of hydrogen-bond donors (Lipinski definition) is 0. The standard InChI is InChI=1S/C13H26N2O/c1-11(2)10-15(8-7-14(3)4)12-5-6-13(16)9-12/h11-12H,5-10H2,1-4H3. The quantitative estimate of drug-likeness (QED) is 0.688. The maximum atomic E-state index is 11.3. The van der Waals surface area contributed by atoms with Crippen LogP contribution in [0.5, 0.6) is 0 Å². The highest BCUT2D eigenvalue weighted by Gasteiger charge is 2.27. The van der Waals surface area contributed by atoms with Crippen molar-refractivity contribution in [2.24, 2.45) is 5.92 Å². The molecule has 0 radical (unpaired) electrons. The summed E-state index contributed by atoms with van der Waals surface area (Å²) in [5, 5.41) is 0. The number of ketones is 1. The summed E-state index contributed by atoms with van der Waals surface area (Å²) < 4.78 is 0. The average Bonchev–Trinajstić information content (AvgIpc) is 2.58. The highest BCUT2D eigenvalue weighted by atomic mass is 16.1. The molecule has 0 aliphatic heterocycles. The Morgan fingerprint density at radius 2 is 2.00 bits per heavy atom. The predicted octanol–water partition coefficient (Wildman–Crippen LogP) is 1.63. The number of hydrogen-bond acceptors (Lipinski definition) is 3. The minimum absolute atomic E-state index is 0.448. The highest BCUT2D eigenvalue weighted by Crippen LogP contribution is 2.21. The first kappa shape index (κ1) is 13.7. The molecule has 1 saturated carbocycles. The number of likely N-dealkylation sites (N-methyl/N-ethyl adjacent to an activating group) is 1. The minimum Gasteiger partial charge on any atom is -0.308 e. The second kappa shape index (κ2) is 6.36. The van der Waals surface area contributed by atoms with Crippen LogP contribution in [-0.2, 0) is 4.79 Å². The van der Waals surface area contributed by atoms with Gasteiger partial charge in [-0.15, -0.1) is 0 Å². The van der Waals surface area contributed by atoms with Crippen LogP contribution >= 0.6 is 0 Å². The van der Waals surface area contributed by atoms with Crippen molar-refractivity contribution >= 4 is 5.78 Å². The number of Topliss-reactive ketones (excluding diaryl/α,β-unsaturated/α-hetero) is 1. The maximum absolute atomic E-state index is 11.3. The molecule has 0 amide bonds. The Labute approximate surface area is 99.8 Å². The van der Waals surface area contributed by atoms with E-state index in [1.165, 1.54) is 0 Å². The van der Waals surface area contributed by atoms with E-state index < -0.39 is 0 Å². The monoisotopic (exact) mass is 226 g/mol. The van der Waals surface area contributed by atoms with Gasteiger partial charge in [0.05, 0.1) is 0 Å². The van der Waals surface area contributed by atoms with Gasteiger partial charge in [0, 0.05) is 38.5 Å². The molecule has 1 rings (SSSR count). The topological polar surface area (TPSA) is 23.6 Å². The number of nitrogens with zero attached hydrogens (tertiary/aromatic N) is 2. The summed E-state index contributed by atoms with van der Waals surface area (Å²) in [5.41, 5.74) is 0. The SMILES string of the molecule is CC(C)CN(CCN(C)C)C1CCC(=O)C1. The van der Waals surface area contributed by atoms with Crippen molar-refractivity contribution in [3.05, 3.63) is 0 Å². The molecule has 0 N–H and O–H groups in total. The van der Waals surface area contributed by atoms with Crippen molar-refractivity contribution in [2.75, 3.05) is 33.7 Å². The van der Waals surface area contributed by atoms with Gasteiger partial charge in [0.1, 0.15) is 5.78 Å². The van der Waals surface area contributed by atoms with Crippen LogP contribution < -0.4 is 0 Å². The summed E-state index contributed by atoms with van der Waals surface area (Å²) in [6.45, 7) is 7.78. The summed E-state index contributed by atoms with van der Waals surface area (Å²) >= 11 is 0. The predicted molar refractivity (Wildman–Crippen MR) is 67.6 cm³/mol. The first-order valence-corrected chi connectivity index (χ1v) is 6.39. The Morgan fingerprint density at radius 1 is 1.31 bits per heavy atom. The van der Waals surface area contributed by atoms with E-state index >= 15 is 0 Å². The molecule has 94 valence electrons. The van der Waals surface area contributed by atoms with Crippen molar-refractivity contribution in [3.8, 4) is 0 Å². The van der Waals surface area contributed by atoms with Gasteiger partial charge in [-0.05, 0) is 26.4 Å². The Morgan fingerprint density at radius 3 is 2.44 bits per heavy atom. The molecule has 0 saturated heterocycles. The van der Waals surface area contributed by atoms with Gasteiger partial charge in [0.2, 0.25) is 0 Å². The molecular formula is C13H26N2O. The van der Waals surface area contributed by atoms with Crippen LogP contribution in [0.1, 0.15) is 33.1 Å². The lowest BCUT2D eigenvalue weighted by atomic mass is 10.1. The molecule has 1 aliphatic rings. The molecule has 0 spiro atoms. The first-order chi connectivity index (χ1) is 7.49. The van der Waals surface area contributed by atoms with Crippen molar-refractivity contribution in [3.63, 3.8) is 0 Å². The Balaban J connectivity index is 2.45. The lowest BCUT2D eigenvalue weighted by Gasteiger charge is -2.30. The fourth-order valence-corrected chi connectivity index (χ4v) is 2.33. The molecule has 16 heavy (non-hydrogen) atoms. The van der Waals surface area contributed by atoms with Gasteiger partial charge < -0.3 is 4.90 Å². The van der Waals surface area contributed by atoms with E-state index in [1.54, 1.807) is 0 Å². The third-order valence-electron chi connectivity index (χ3n) is 3.17. The fraction of sp³-hybridized carbons (Fsp3) is 0.923. The van der Waals surface area contributed by atoms with Crippen molar-refractivity contribution in [1.29, 1.82) is 0 Å². The lowest BCUT2D eigenvalue weighted by Crippen LogP contribution is -2.40. The summed E-state index contributed by atoms with van der Waals surface area (Å²) in [7, 11) is 4.21. The third kappa shape index (κ3) is 4.62. The van der Waals surface area contributed by atoms with Gasteiger partial charge in [0.15, 0.2) is 0 Å². The van der Waals surface area contributed by atoms with Gasteiger partial charge in [-0.2, -0.15) is 0 Å². The molecule has 1 aliphatic carbocycles. The molecular weight excluding hydrogens is 200 g/mol. The van der Waals surface area contributed by atoms with Crippen LogP contribution in [0.4, 0.5) is 0 Å². The summed E-state index contributed by atoms with van der Waals surface area (Å²) in [6.07, 6.45) is 2.64. The summed E-state index contributed by atoms with van der Waals surface area (Å²) in [6, 6.07) is 0.509. The van der Waals surface area contributed by atoms with E-state index in [4.69, 9.17) is 0 Å². The van der Waals surface area contributed by atoms with Crippen LogP contribution in [0, 0.1) is 5.92 Å². The van der Waals surface area contributed by atoms with E-state index in [-0.39, 0.29) is 0 Å². The normalized spacial score (nSPS) is 21.7. The lowest BCUT2D eigenvalue weighted by molar-refractivity contribution is -0.117. The molecule has 0 heterocycles. The first-order valence-electron chi connectivity index (χ1n) is 6.39. The van der Waals surface area contributed by atoms with Gasteiger partial charge in [0.25, 0.3) is 0 Å². The molecule has 0 aromatic heterocycles. The second-order valence-electron chi connectivity index (χ2n) is 5.63. The average molecular weight is 226 g/mol. The summed E-state index contributed by atoms with van der Waals surface area (Å²) in [5.74, 6) is 1.13. The van der Waals surface area contributed by atoms with Gasteiger partial charge in [-0.1, -0.05) is 13.8 Å². The van der Waals surface area contributed by atoms with Crippen LogP contribution in [0.25, 0.3) is 0 Å². The van der Waals surface area contributed by atoms with Gasteiger partial charge >= 0.3 is 0 Å². The molecule has 3 heteroatoms. The molecule has 1 atom stereocenters. The Hall–Kier alpha value is -0.410. The highest BCUT2D eigenvalue weighted by molar-refractivity contribution is 5.81. The zero-order valence-corrected chi connectivity index (χ0v) is 11.2. The number of rotatable bonds is 6. The van der Waals surface area contributed by atoms with E-state index in [0.717, 1.165) is 38.9 Å². The molecule has 0 aromatic rings. The molecule has 3 nitrogen and oxygen atoms in total. The van der Waals surface area contributed by atoms with Crippen molar-refractivity contribution < 1.29 is 4.79 Å². The van der Waals surface area contributed by atoms with Crippen LogP contribution in [0.15, 0.2) is 0 Å². The Kier molecular flexibility index (Phi) is 5.42. The third-order valence-corrected chi connectivity index (χ3v) is 3.17. The molecule has 1 fully saturated rings. The van der Waals surface area contributed by atoms with Crippen LogP contribution in [0.3, 0.4) is 0 Å². The van der Waals surface area contributed by atoms with E-state index in [9.17, 15) is 4.79 Å². The van der Waals surface area contributed by atoms with E-state index in [2.05, 4.69) is 37.7 Å². The van der Waals surface area contributed by atoms with Crippen LogP contribution in [0.2, 0.25) is 0 Å². The fourth-order valence-electron chi connectivity index (χ4n) is 2.33. The molecule has 1 unspecified atom stereocenters. The molecule has 0 bridgehead atoms. The number of carbonyl (C=O) groups excluding carboxylic acids is 1. The van der Waals surface area contributed by atoms with Gasteiger partial charge in [-0.3, -0.25) is 9.69 Å². The largest absolute Gasteiger partial charge is 0.308 e. The minimum atomic E-state index is 0.448. The zero-order chi connectivity index (χ0) is 12.1. The van der Waals surface area contributed by atoms with Crippen molar-refractivity contribution in [2.45, 2.75) is 39.2 Å². The molecule has 0 aromatic carbocycles. The van der Waals surface area contributed by atoms with Gasteiger partial charge in [-0.25, -0.2) is 0 Å². The maximum Gasteiger partial charge on any atom is 0.134 e. The zero-order valence-electron chi connectivity index (χ0n) is 11.2. The Bertz CT molecular complexity index is 226. The second-order valence-corrected chi connectivity index (χ2v) is 5.63. The van der Waals surface area contributed by atoms with E-state index in [0.29, 0.717) is 17.7 Å². The number of carbonyl (C=O) groups is 1. The van der Waals surface area contributed by atoms with Crippen molar-refractivity contribution in [1.82, 2.24) is 9.80 Å². The van der Waals surface area contributed by atoms with Crippen LogP contribution in [-0.4, -0.2) is 55.4 Å². The summed E-state index contributed by atoms with van der Waals surface area (Å²) in [4.78, 5) is 16.1. The van der Waals surface area contributed by atoms with E-state index in [1.807, 2.05) is 0 Å².